The maximum absolute atomic E-state index is 3.61. The van der Waals surface area contributed by atoms with E-state index in [0.29, 0.717) is 10.8 Å². The van der Waals surface area contributed by atoms with Gasteiger partial charge in [0.2, 0.25) is 0 Å². The van der Waals surface area contributed by atoms with Crippen molar-refractivity contribution in [2.75, 3.05) is 5.75 Å². The summed E-state index contributed by atoms with van der Waals surface area (Å²) in [5.41, 5.74) is 1.38. The molecule has 0 saturated carbocycles. The van der Waals surface area contributed by atoms with Gasteiger partial charge < -0.3 is 5.32 Å². The Bertz CT molecular complexity index is 322. The number of thiophene rings is 1. The number of thioether (sulfide) groups is 1. The first-order valence-corrected chi connectivity index (χ1v) is 7.39. The summed E-state index contributed by atoms with van der Waals surface area (Å²) in [7, 11) is 0. The Morgan fingerprint density at radius 2 is 2.36 bits per heavy atom. The van der Waals surface area contributed by atoms with Crippen molar-refractivity contribution < 1.29 is 0 Å². The maximum Gasteiger partial charge on any atom is 0.0327 e. The predicted molar refractivity (Wildman–Crippen MR) is 69.2 cm³/mol. The zero-order valence-electron chi connectivity index (χ0n) is 8.34. The molecule has 1 saturated heterocycles. The van der Waals surface area contributed by atoms with Gasteiger partial charge in [-0.25, -0.2) is 0 Å². The van der Waals surface area contributed by atoms with Crippen LogP contribution in [0.15, 0.2) is 15.2 Å². The molecule has 1 unspecified atom stereocenters. The fourth-order valence-electron chi connectivity index (χ4n) is 1.47. The van der Waals surface area contributed by atoms with E-state index >= 15 is 0 Å². The highest BCUT2D eigenvalue weighted by Crippen LogP contribution is 2.40. The van der Waals surface area contributed by atoms with E-state index in [1.807, 2.05) is 11.8 Å². The lowest BCUT2D eigenvalue weighted by molar-refractivity contribution is 0.436. The molecule has 1 aliphatic rings. The molecule has 2 heterocycles. The van der Waals surface area contributed by atoms with E-state index in [1.54, 1.807) is 11.3 Å². The highest BCUT2D eigenvalue weighted by atomic mass is 79.9. The van der Waals surface area contributed by atoms with Gasteiger partial charge >= 0.3 is 0 Å². The molecule has 4 heteroatoms. The molecule has 1 atom stereocenters. The van der Waals surface area contributed by atoms with Crippen LogP contribution in [-0.4, -0.2) is 16.5 Å². The van der Waals surface area contributed by atoms with Gasteiger partial charge in [-0.15, -0.1) is 0 Å². The number of hydrogen-bond acceptors (Lipinski definition) is 3. The van der Waals surface area contributed by atoms with Crippen molar-refractivity contribution in [1.29, 1.82) is 0 Å². The average Bonchev–Trinajstić information content (AvgIpc) is 2.50. The fraction of sp³-hybridized carbons (Fsp3) is 0.600. The lowest BCUT2D eigenvalue weighted by Gasteiger charge is -2.44. The van der Waals surface area contributed by atoms with Gasteiger partial charge in [0.1, 0.15) is 0 Å². The lowest BCUT2D eigenvalue weighted by atomic mass is 10.0. The largest absolute Gasteiger partial charge is 0.308 e. The lowest BCUT2D eigenvalue weighted by Crippen LogP contribution is -2.54. The molecule has 2 rings (SSSR count). The van der Waals surface area contributed by atoms with Crippen molar-refractivity contribution in [1.82, 2.24) is 5.32 Å². The highest BCUT2D eigenvalue weighted by molar-refractivity contribution is 9.10. The zero-order valence-corrected chi connectivity index (χ0v) is 11.6. The summed E-state index contributed by atoms with van der Waals surface area (Å²) in [6.07, 6.45) is 0. The normalized spacial score (nSPS) is 24.6. The zero-order chi connectivity index (χ0) is 10.2. The van der Waals surface area contributed by atoms with Gasteiger partial charge in [-0.2, -0.15) is 23.1 Å². The molecule has 78 valence electrons. The summed E-state index contributed by atoms with van der Waals surface area (Å²) in [6, 6.07) is 0.666. The van der Waals surface area contributed by atoms with E-state index in [-0.39, 0.29) is 0 Å². The van der Waals surface area contributed by atoms with E-state index in [2.05, 4.69) is 45.9 Å². The van der Waals surface area contributed by atoms with Crippen molar-refractivity contribution >= 4 is 39.0 Å². The van der Waals surface area contributed by atoms with Crippen LogP contribution in [0, 0.1) is 0 Å². The molecule has 1 aliphatic heterocycles. The molecular weight excluding hydrogens is 278 g/mol. The molecule has 1 fully saturated rings. The van der Waals surface area contributed by atoms with Gasteiger partial charge in [0.25, 0.3) is 0 Å². The van der Waals surface area contributed by atoms with Crippen molar-refractivity contribution in [3.63, 3.8) is 0 Å². The topological polar surface area (TPSA) is 12.0 Å². The fourth-order valence-corrected chi connectivity index (χ4v) is 4.12. The monoisotopic (exact) mass is 291 g/mol. The van der Waals surface area contributed by atoms with E-state index in [4.69, 9.17) is 0 Å². The van der Waals surface area contributed by atoms with Gasteiger partial charge in [-0.05, 0) is 40.7 Å². The van der Waals surface area contributed by atoms with Crippen LogP contribution in [0.3, 0.4) is 0 Å². The molecule has 14 heavy (non-hydrogen) atoms. The summed E-state index contributed by atoms with van der Waals surface area (Å²) >= 11 is 7.34. The van der Waals surface area contributed by atoms with Crippen LogP contribution in [0.2, 0.25) is 0 Å². The molecule has 0 aliphatic carbocycles. The van der Waals surface area contributed by atoms with Crippen molar-refractivity contribution in [3.05, 3.63) is 20.8 Å². The Morgan fingerprint density at radius 1 is 1.57 bits per heavy atom. The summed E-state index contributed by atoms with van der Waals surface area (Å²) in [5, 5.41) is 7.95. The Hall–Kier alpha value is 0.490. The van der Waals surface area contributed by atoms with Crippen LogP contribution in [0.4, 0.5) is 0 Å². The second-order valence-corrected chi connectivity index (χ2v) is 7.37. The minimum atomic E-state index is 0.419. The molecule has 0 aromatic carbocycles. The average molecular weight is 292 g/mol. The Labute approximate surface area is 102 Å². The van der Waals surface area contributed by atoms with Gasteiger partial charge in [0.15, 0.2) is 0 Å². The van der Waals surface area contributed by atoms with Gasteiger partial charge in [0, 0.05) is 32.9 Å². The predicted octanol–water partition coefficient (Wildman–Crippen LogP) is 3.49. The summed E-state index contributed by atoms with van der Waals surface area (Å²) in [4.78, 5) is 0. The third kappa shape index (κ3) is 2.18. The summed E-state index contributed by atoms with van der Waals surface area (Å²) in [6.45, 7) is 5.60. The van der Waals surface area contributed by atoms with Crippen molar-refractivity contribution in [2.45, 2.75) is 31.2 Å². The van der Waals surface area contributed by atoms with E-state index in [0.717, 1.165) is 6.54 Å². The molecule has 0 spiro atoms. The van der Waals surface area contributed by atoms with Crippen LogP contribution in [0.25, 0.3) is 0 Å². The molecular formula is C10H14BrNS2. The summed E-state index contributed by atoms with van der Waals surface area (Å²) in [5.74, 6) is 1.24. The quantitative estimate of drug-likeness (QED) is 0.915. The standard InChI is InChI=1S/C10H14BrNS2/c1-10(2)9(6-14-10)12-3-7-4-13-5-8(7)11/h4-5,9,12H,3,6H2,1-2H3. The number of halogens is 1. The van der Waals surface area contributed by atoms with E-state index < -0.39 is 0 Å². The van der Waals surface area contributed by atoms with Crippen LogP contribution in [0.1, 0.15) is 19.4 Å². The first-order chi connectivity index (χ1) is 6.59. The third-order valence-electron chi connectivity index (χ3n) is 2.69. The van der Waals surface area contributed by atoms with Crippen molar-refractivity contribution in [2.24, 2.45) is 0 Å². The third-order valence-corrected chi connectivity index (χ3v) is 6.05. The molecule has 1 aromatic heterocycles. The first-order valence-electron chi connectivity index (χ1n) is 4.67. The Morgan fingerprint density at radius 3 is 2.79 bits per heavy atom. The van der Waals surface area contributed by atoms with Crippen molar-refractivity contribution in [3.8, 4) is 0 Å². The maximum atomic E-state index is 3.61. The SMILES string of the molecule is CC1(C)SCC1NCc1cscc1Br. The highest BCUT2D eigenvalue weighted by Gasteiger charge is 2.38. The minimum Gasteiger partial charge on any atom is -0.308 e. The van der Waals surface area contributed by atoms with Crippen LogP contribution >= 0.6 is 39.0 Å². The molecule has 1 nitrogen and oxygen atoms in total. The van der Waals surface area contributed by atoms with Gasteiger partial charge in [0.05, 0.1) is 0 Å². The molecule has 0 bridgehead atoms. The van der Waals surface area contributed by atoms with Crippen LogP contribution in [-0.2, 0) is 6.54 Å². The molecule has 0 amide bonds. The second-order valence-electron chi connectivity index (χ2n) is 4.09. The number of nitrogens with one attached hydrogen (secondary N) is 1. The summed E-state index contributed by atoms with van der Waals surface area (Å²) < 4.78 is 1.66. The number of hydrogen-bond donors (Lipinski definition) is 1. The smallest absolute Gasteiger partial charge is 0.0327 e. The molecule has 1 N–H and O–H groups in total. The van der Waals surface area contributed by atoms with Crippen LogP contribution < -0.4 is 5.32 Å². The Balaban J connectivity index is 1.87. The number of rotatable bonds is 3. The first kappa shape index (κ1) is 11.0. The molecule has 0 radical (unpaired) electrons. The molecule has 1 aromatic rings. The van der Waals surface area contributed by atoms with Gasteiger partial charge in [-0.3, -0.25) is 0 Å². The van der Waals surface area contributed by atoms with Gasteiger partial charge in [-0.1, -0.05) is 0 Å². The van der Waals surface area contributed by atoms with E-state index in [1.165, 1.54) is 15.8 Å². The Kier molecular flexibility index (Phi) is 3.27. The van der Waals surface area contributed by atoms with Crippen LogP contribution in [0.5, 0.6) is 0 Å². The minimum absolute atomic E-state index is 0.419. The second kappa shape index (κ2) is 4.16. The van der Waals surface area contributed by atoms with E-state index in [9.17, 15) is 0 Å².